The first kappa shape index (κ1) is 17.3. The standard InChI is InChI=1S/C16H17F3O4S/c1-2-13(20)11-7-12-9-3-5-10(6-4-9)15(12)14(8-11)23-24(21,22)16(17,18)19/h7-10H,2-6H2,1H3. The van der Waals surface area contributed by atoms with Gasteiger partial charge in [-0.3, -0.25) is 4.79 Å². The van der Waals surface area contributed by atoms with Gasteiger partial charge in [-0.05, 0) is 55.2 Å². The third-order valence-electron chi connectivity index (χ3n) is 4.88. The number of fused-ring (bicyclic) bond motifs is 2. The van der Waals surface area contributed by atoms with Crippen LogP contribution < -0.4 is 4.18 Å². The molecule has 0 aromatic heterocycles. The lowest BCUT2D eigenvalue weighted by Gasteiger charge is -2.39. The van der Waals surface area contributed by atoms with Gasteiger partial charge in [0, 0.05) is 17.5 Å². The average Bonchev–Trinajstić information content (AvgIpc) is 2.53. The number of rotatable bonds is 4. The topological polar surface area (TPSA) is 60.4 Å². The number of carbonyl (C=O) groups is 1. The number of halogens is 3. The van der Waals surface area contributed by atoms with Gasteiger partial charge in [-0.15, -0.1) is 0 Å². The maximum atomic E-state index is 12.7. The number of benzene rings is 1. The summed E-state index contributed by atoms with van der Waals surface area (Å²) in [5.74, 6) is -0.468. The van der Waals surface area contributed by atoms with Crippen LogP contribution in [0.5, 0.6) is 5.75 Å². The van der Waals surface area contributed by atoms with Crippen LogP contribution >= 0.6 is 0 Å². The quantitative estimate of drug-likeness (QED) is 0.456. The van der Waals surface area contributed by atoms with Crippen molar-refractivity contribution in [2.24, 2.45) is 0 Å². The first-order chi connectivity index (χ1) is 11.1. The van der Waals surface area contributed by atoms with E-state index in [1.807, 2.05) is 0 Å². The third-order valence-corrected chi connectivity index (χ3v) is 5.84. The van der Waals surface area contributed by atoms with Crippen molar-refractivity contribution in [3.05, 3.63) is 28.8 Å². The summed E-state index contributed by atoms with van der Waals surface area (Å²) in [5, 5.41) is 0. The lowest BCUT2D eigenvalue weighted by Crippen LogP contribution is -2.30. The second kappa shape index (κ2) is 5.75. The molecule has 3 aliphatic rings. The van der Waals surface area contributed by atoms with E-state index in [1.54, 1.807) is 13.0 Å². The lowest BCUT2D eigenvalue weighted by molar-refractivity contribution is -0.0500. The van der Waals surface area contributed by atoms with Crippen LogP contribution in [-0.2, 0) is 10.1 Å². The Labute approximate surface area is 138 Å². The molecule has 3 aliphatic carbocycles. The lowest BCUT2D eigenvalue weighted by atomic mass is 9.66. The molecule has 1 saturated carbocycles. The number of Topliss-reactive ketones (excluding diaryl/α,β-unsaturated/α-hetero) is 1. The molecule has 0 atom stereocenters. The first-order valence-electron chi connectivity index (χ1n) is 7.86. The van der Waals surface area contributed by atoms with Crippen LogP contribution in [0.1, 0.15) is 72.3 Å². The number of ketones is 1. The summed E-state index contributed by atoms with van der Waals surface area (Å²) >= 11 is 0. The largest absolute Gasteiger partial charge is 0.534 e. The number of alkyl halides is 3. The molecule has 0 saturated heterocycles. The number of carbonyl (C=O) groups excluding carboxylic acids is 1. The minimum Gasteiger partial charge on any atom is -0.376 e. The zero-order valence-electron chi connectivity index (χ0n) is 13.0. The Hall–Kier alpha value is -1.57. The second-order valence-electron chi connectivity index (χ2n) is 6.29. The molecule has 0 amide bonds. The van der Waals surface area contributed by atoms with Crippen LogP contribution in [0, 0.1) is 0 Å². The molecule has 8 heteroatoms. The molecular weight excluding hydrogens is 345 g/mol. The summed E-state index contributed by atoms with van der Waals surface area (Å²) in [4.78, 5) is 12.0. The zero-order chi connectivity index (χ0) is 17.7. The monoisotopic (exact) mass is 362 g/mol. The Morgan fingerprint density at radius 1 is 1.17 bits per heavy atom. The summed E-state index contributed by atoms with van der Waals surface area (Å²) < 4.78 is 65.4. The summed E-state index contributed by atoms with van der Waals surface area (Å²) in [6, 6.07) is 2.85. The Morgan fingerprint density at radius 3 is 2.29 bits per heavy atom. The molecule has 0 spiro atoms. The van der Waals surface area contributed by atoms with Crippen LogP contribution in [0.4, 0.5) is 13.2 Å². The van der Waals surface area contributed by atoms with E-state index in [2.05, 4.69) is 4.18 Å². The normalized spacial score (nSPS) is 23.0. The molecule has 4 nitrogen and oxygen atoms in total. The summed E-state index contributed by atoms with van der Waals surface area (Å²) in [6.45, 7) is 1.64. The van der Waals surface area contributed by atoms with Crippen LogP contribution in [0.15, 0.2) is 12.1 Å². The molecule has 1 fully saturated rings. The fourth-order valence-electron chi connectivity index (χ4n) is 3.72. The molecule has 132 valence electrons. The minimum absolute atomic E-state index is 0.0192. The van der Waals surface area contributed by atoms with Crippen molar-refractivity contribution in [2.45, 2.75) is 56.4 Å². The van der Waals surface area contributed by atoms with Crippen LogP contribution in [0.2, 0.25) is 0 Å². The van der Waals surface area contributed by atoms with Gasteiger partial charge in [0.05, 0.1) is 0 Å². The van der Waals surface area contributed by atoms with Crippen LogP contribution in [-0.4, -0.2) is 19.7 Å². The van der Waals surface area contributed by atoms with E-state index in [1.165, 1.54) is 0 Å². The highest BCUT2D eigenvalue weighted by Crippen LogP contribution is 2.53. The SMILES string of the molecule is CCC(=O)c1cc(OS(=O)(=O)C(F)(F)F)c2c(c1)C1CCC2CC1. The Bertz CT molecular complexity index is 775. The van der Waals surface area contributed by atoms with E-state index in [-0.39, 0.29) is 35.4 Å². The van der Waals surface area contributed by atoms with Gasteiger partial charge in [0.1, 0.15) is 5.75 Å². The molecule has 0 unspecified atom stereocenters. The molecular formula is C16H17F3O4S. The van der Waals surface area contributed by atoms with E-state index in [0.29, 0.717) is 5.56 Å². The van der Waals surface area contributed by atoms with Gasteiger partial charge in [-0.2, -0.15) is 21.6 Å². The maximum Gasteiger partial charge on any atom is 0.534 e. The van der Waals surface area contributed by atoms with E-state index in [0.717, 1.165) is 37.3 Å². The zero-order valence-corrected chi connectivity index (χ0v) is 13.8. The molecule has 0 aliphatic heterocycles. The van der Waals surface area contributed by atoms with E-state index < -0.39 is 15.6 Å². The number of hydrogen-bond acceptors (Lipinski definition) is 4. The summed E-state index contributed by atoms with van der Waals surface area (Å²) in [5.41, 5.74) is -4.00. The van der Waals surface area contributed by atoms with E-state index in [4.69, 9.17) is 0 Å². The summed E-state index contributed by atoms with van der Waals surface area (Å²) in [6.07, 6.45) is 3.56. The average molecular weight is 362 g/mol. The van der Waals surface area contributed by atoms with E-state index in [9.17, 15) is 26.4 Å². The van der Waals surface area contributed by atoms with Crippen molar-refractivity contribution in [1.29, 1.82) is 0 Å². The predicted molar refractivity (Wildman–Crippen MR) is 80.6 cm³/mol. The van der Waals surface area contributed by atoms with Gasteiger partial charge in [0.15, 0.2) is 5.78 Å². The first-order valence-corrected chi connectivity index (χ1v) is 9.26. The van der Waals surface area contributed by atoms with Crippen LogP contribution in [0.3, 0.4) is 0 Å². The molecule has 0 N–H and O–H groups in total. The van der Waals surface area contributed by atoms with Crippen molar-refractivity contribution >= 4 is 15.9 Å². The highest BCUT2D eigenvalue weighted by Gasteiger charge is 2.49. The fraction of sp³-hybridized carbons (Fsp3) is 0.562. The third kappa shape index (κ3) is 2.81. The van der Waals surface area contributed by atoms with Crippen molar-refractivity contribution in [3.8, 4) is 5.75 Å². The van der Waals surface area contributed by atoms with Gasteiger partial charge >= 0.3 is 15.6 Å². The summed E-state index contributed by atoms with van der Waals surface area (Å²) in [7, 11) is -5.76. The van der Waals surface area contributed by atoms with Crippen molar-refractivity contribution < 1.29 is 30.6 Å². The maximum absolute atomic E-state index is 12.7. The van der Waals surface area contributed by atoms with Gasteiger partial charge in [0.2, 0.25) is 0 Å². The second-order valence-corrected chi connectivity index (χ2v) is 7.82. The fourth-order valence-corrected chi connectivity index (χ4v) is 4.18. The molecule has 1 aromatic rings. The highest BCUT2D eigenvalue weighted by molar-refractivity contribution is 7.88. The predicted octanol–water partition coefficient (Wildman–Crippen LogP) is 4.26. The molecule has 2 bridgehead atoms. The molecule has 24 heavy (non-hydrogen) atoms. The van der Waals surface area contributed by atoms with Gasteiger partial charge in [-0.25, -0.2) is 0 Å². The van der Waals surface area contributed by atoms with Gasteiger partial charge < -0.3 is 4.18 Å². The van der Waals surface area contributed by atoms with Gasteiger partial charge in [0.25, 0.3) is 0 Å². The van der Waals surface area contributed by atoms with E-state index >= 15 is 0 Å². The Balaban J connectivity index is 2.14. The van der Waals surface area contributed by atoms with Gasteiger partial charge in [-0.1, -0.05) is 6.92 Å². The van der Waals surface area contributed by atoms with Crippen molar-refractivity contribution in [3.63, 3.8) is 0 Å². The van der Waals surface area contributed by atoms with Crippen molar-refractivity contribution in [2.75, 3.05) is 0 Å². The molecule has 0 radical (unpaired) electrons. The smallest absolute Gasteiger partial charge is 0.376 e. The highest BCUT2D eigenvalue weighted by atomic mass is 32.2. The molecule has 4 rings (SSSR count). The molecule has 1 aromatic carbocycles. The Morgan fingerprint density at radius 2 is 1.75 bits per heavy atom. The minimum atomic E-state index is -5.76. The number of hydrogen-bond donors (Lipinski definition) is 0. The molecule has 0 heterocycles. The van der Waals surface area contributed by atoms with Crippen molar-refractivity contribution in [1.82, 2.24) is 0 Å². The van der Waals surface area contributed by atoms with Crippen LogP contribution in [0.25, 0.3) is 0 Å². The Kier molecular flexibility index (Phi) is 4.14.